The van der Waals surface area contributed by atoms with Crippen LogP contribution in [-0.2, 0) is 17.6 Å². The van der Waals surface area contributed by atoms with Gasteiger partial charge in [-0.1, -0.05) is 50.3 Å². The standard InChI is InChI=1S/C20H27ClN2O/c1-20(2,3)14-19(24)23-11-5-4-6-17-16-10-13-22-12-9-15(16)7-8-18(17)21/h7-8,22H,5,9-14H2,1-3H3,(H,23,24). The van der Waals surface area contributed by atoms with E-state index < -0.39 is 0 Å². The Balaban J connectivity index is 1.95. The van der Waals surface area contributed by atoms with Crippen molar-refractivity contribution in [3.8, 4) is 11.8 Å². The number of halogens is 1. The zero-order chi connectivity index (χ0) is 17.6. The minimum Gasteiger partial charge on any atom is -0.355 e. The van der Waals surface area contributed by atoms with Crippen molar-refractivity contribution in [2.75, 3.05) is 19.6 Å². The quantitative estimate of drug-likeness (QED) is 0.651. The van der Waals surface area contributed by atoms with E-state index in [4.69, 9.17) is 11.6 Å². The number of nitrogens with one attached hydrogen (secondary N) is 2. The highest BCUT2D eigenvalue weighted by molar-refractivity contribution is 6.31. The van der Waals surface area contributed by atoms with Crippen molar-refractivity contribution in [3.05, 3.63) is 33.8 Å². The van der Waals surface area contributed by atoms with Gasteiger partial charge in [0.05, 0.1) is 5.02 Å². The molecule has 1 aliphatic rings. The van der Waals surface area contributed by atoms with E-state index in [-0.39, 0.29) is 11.3 Å². The summed E-state index contributed by atoms with van der Waals surface area (Å²) >= 11 is 6.36. The van der Waals surface area contributed by atoms with Crippen molar-refractivity contribution in [2.24, 2.45) is 5.41 Å². The molecular weight excluding hydrogens is 320 g/mol. The largest absolute Gasteiger partial charge is 0.355 e. The predicted octanol–water partition coefficient (Wildman–Crippen LogP) is 3.32. The second-order valence-corrected chi connectivity index (χ2v) is 7.86. The lowest BCUT2D eigenvalue weighted by Gasteiger charge is -2.16. The van der Waals surface area contributed by atoms with Gasteiger partial charge in [0.1, 0.15) is 0 Å². The Morgan fingerprint density at radius 1 is 1.29 bits per heavy atom. The molecule has 0 aliphatic carbocycles. The SMILES string of the molecule is CC(C)(C)CC(=O)NCCC#Cc1c(Cl)ccc2c1CCNCC2. The maximum Gasteiger partial charge on any atom is 0.220 e. The lowest BCUT2D eigenvalue weighted by atomic mass is 9.92. The van der Waals surface area contributed by atoms with E-state index in [0.29, 0.717) is 19.4 Å². The molecule has 1 heterocycles. The molecule has 0 saturated heterocycles. The van der Waals surface area contributed by atoms with Gasteiger partial charge < -0.3 is 10.6 Å². The van der Waals surface area contributed by atoms with Crippen molar-refractivity contribution in [2.45, 2.75) is 46.5 Å². The average Bonchev–Trinajstić information content (AvgIpc) is 2.72. The molecule has 0 atom stereocenters. The topological polar surface area (TPSA) is 41.1 Å². The number of carbonyl (C=O) groups is 1. The molecule has 1 aliphatic heterocycles. The first kappa shape index (κ1) is 18.8. The molecule has 0 saturated carbocycles. The van der Waals surface area contributed by atoms with Crippen molar-refractivity contribution in [1.29, 1.82) is 0 Å². The third kappa shape index (κ3) is 5.85. The fourth-order valence-electron chi connectivity index (χ4n) is 2.84. The van der Waals surface area contributed by atoms with E-state index in [1.165, 1.54) is 11.1 Å². The van der Waals surface area contributed by atoms with Gasteiger partial charge in [-0.05, 0) is 48.5 Å². The highest BCUT2D eigenvalue weighted by Crippen LogP contribution is 2.25. The molecule has 1 amide bonds. The molecule has 0 bridgehead atoms. The van der Waals surface area contributed by atoms with Crippen LogP contribution in [0.5, 0.6) is 0 Å². The van der Waals surface area contributed by atoms with Crippen LogP contribution in [0.15, 0.2) is 12.1 Å². The highest BCUT2D eigenvalue weighted by atomic mass is 35.5. The molecule has 130 valence electrons. The number of hydrogen-bond donors (Lipinski definition) is 2. The molecule has 0 radical (unpaired) electrons. The summed E-state index contributed by atoms with van der Waals surface area (Å²) in [5, 5.41) is 7.06. The van der Waals surface area contributed by atoms with Crippen molar-refractivity contribution < 1.29 is 4.79 Å². The van der Waals surface area contributed by atoms with E-state index in [2.05, 4.69) is 49.3 Å². The summed E-state index contributed by atoms with van der Waals surface area (Å²) in [5.41, 5.74) is 3.58. The Morgan fingerprint density at radius 3 is 2.79 bits per heavy atom. The number of fused-ring (bicyclic) bond motifs is 1. The second-order valence-electron chi connectivity index (χ2n) is 7.45. The molecule has 0 aromatic heterocycles. The second kappa shape index (κ2) is 8.55. The number of carbonyl (C=O) groups excluding carboxylic acids is 1. The zero-order valence-electron chi connectivity index (χ0n) is 14.9. The molecule has 4 heteroatoms. The fourth-order valence-corrected chi connectivity index (χ4v) is 3.06. The predicted molar refractivity (Wildman–Crippen MR) is 100 cm³/mol. The summed E-state index contributed by atoms with van der Waals surface area (Å²) in [4.78, 5) is 11.8. The zero-order valence-corrected chi connectivity index (χ0v) is 15.6. The molecule has 0 unspecified atom stereocenters. The van der Waals surface area contributed by atoms with Crippen molar-refractivity contribution in [1.82, 2.24) is 10.6 Å². The van der Waals surface area contributed by atoms with Crippen LogP contribution < -0.4 is 10.6 Å². The van der Waals surface area contributed by atoms with Gasteiger partial charge in [0.25, 0.3) is 0 Å². The lowest BCUT2D eigenvalue weighted by molar-refractivity contribution is -0.122. The van der Waals surface area contributed by atoms with E-state index in [1.807, 2.05) is 6.07 Å². The maximum atomic E-state index is 11.8. The first-order chi connectivity index (χ1) is 11.4. The molecule has 2 rings (SSSR count). The number of amides is 1. The molecule has 0 spiro atoms. The summed E-state index contributed by atoms with van der Waals surface area (Å²) in [6.07, 6.45) is 3.14. The summed E-state index contributed by atoms with van der Waals surface area (Å²) in [6.45, 7) is 8.72. The van der Waals surface area contributed by atoms with Gasteiger partial charge in [-0.3, -0.25) is 4.79 Å². The summed E-state index contributed by atoms with van der Waals surface area (Å²) in [7, 11) is 0. The third-order valence-corrected chi connectivity index (χ3v) is 4.27. The van der Waals surface area contributed by atoms with Crippen LogP contribution in [0, 0.1) is 17.3 Å². The van der Waals surface area contributed by atoms with Gasteiger partial charge in [0.2, 0.25) is 5.91 Å². The number of hydrogen-bond acceptors (Lipinski definition) is 2. The van der Waals surface area contributed by atoms with Gasteiger partial charge >= 0.3 is 0 Å². The molecular formula is C20H27ClN2O. The van der Waals surface area contributed by atoms with Crippen LogP contribution in [0.25, 0.3) is 0 Å². The molecule has 0 fully saturated rings. The van der Waals surface area contributed by atoms with Crippen LogP contribution >= 0.6 is 11.6 Å². The van der Waals surface area contributed by atoms with Crippen LogP contribution in [0.4, 0.5) is 0 Å². The Morgan fingerprint density at radius 2 is 2.04 bits per heavy atom. The Hall–Kier alpha value is -1.50. The van der Waals surface area contributed by atoms with Crippen LogP contribution in [0.3, 0.4) is 0 Å². The van der Waals surface area contributed by atoms with Gasteiger partial charge in [-0.2, -0.15) is 0 Å². The van der Waals surface area contributed by atoms with Crippen LogP contribution in [0.1, 0.15) is 50.3 Å². The summed E-state index contributed by atoms with van der Waals surface area (Å²) in [6, 6.07) is 4.06. The first-order valence-electron chi connectivity index (χ1n) is 8.63. The average molecular weight is 347 g/mol. The minimum atomic E-state index is 0.0128. The third-order valence-electron chi connectivity index (χ3n) is 3.96. The smallest absolute Gasteiger partial charge is 0.220 e. The van der Waals surface area contributed by atoms with E-state index in [1.54, 1.807) is 0 Å². The summed E-state index contributed by atoms with van der Waals surface area (Å²) in [5.74, 6) is 6.48. The molecule has 1 aromatic carbocycles. The first-order valence-corrected chi connectivity index (χ1v) is 9.01. The van der Waals surface area contributed by atoms with E-state index in [9.17, 15) is 4.79 Å². The Labute approximate surface area is 150 Å². The number of rotatable bonds is 3. The molecule has 3 nitrogen and oxygen atoms in total. The van der Waals surface area contributed by atoms with Crippen molar-refractivity contribution in [3.63, 3.8) is 0 Å². The Bertz CT molecular complexity index is 650. The van der Waals surface area contributed by atoms with Crippen LogP contribution in [-0.4, -0.2) is 25.5 Å². The minimum absolute atomic E-state index is 0.0128. The highest BCUT2D eigenvalue weighted by Gasteiger charge is 2.15. The monoisotopic (exact) mass is 346 g/mol. The Kier molecular flexibility index (Phi) is 6.71. The molecule has 1 aromatic rings. The van der Waals surface area contributed by atoms with Gasteiger partial charge in [0, 0.05) is 24.9 Å². The lowest BCUT2D eigenvalue weighted by Crippen LogP contribution is -2.28. The normalized spacial score (nSPS) is 14.2. The fraction of sp³-hybridized carbons (Fsp3) is 0.550. The summed E-state index contributed by atoms with van der Waals surface area (Å²) < 4.78 is 0. The van der Waals surface area contributed by atoms with E-state index in [0.717, 1.165) is 36.5 Å². The van der Waals surface area contributed by atoms with Gasteiger partial charge in [0.15, 0.2) is 0 Å². The maximum absolute atomic E-state index is 11.8. The van der Waals surface area contributed by atoms with Gasteiger partial charge in [-0.15, -0.1) is 0 Å². The van der Waals surface area contributed by atoms with Crippen molar-refractivity contribution >= 4 is 17.5 Å². The molecule has 24 heavy (non-hydrogen) atoms. The molecule has 2 N–H and O–H groups in total. The number of benzene rings is 1. The van der Waals surface area contributed by atoms with E-state index >= 15 is 0 Å². The van der Waals surface area contributed by atoms with Crippen LogP contribution in [0.2, 0.25) is 5.02 Å². The van der Waals surface area contributed by atoms with Gasteiger partial charge in [-0.25, -0.2) is 0 Å².